The smallest absolute Gasteiger partial charge is 0.236 e. The van der Waals surface area contributed by atoms with E-state index in [1.807, 2.05) is 18.2 Å². The van der Waals surface area contributed by atoms with Crippen LogP contribution in [0.4, 0.5) is 0 Å². The predicted octanol–water partition coefficient (Wildman–Crippen LogP) is 2.11. The zero-order valence-electron chi connectivity index (χ0n) is 11.3. The van der Waals surface area contributed by atoms with Crippen molar-refractivity contribution in [2.75, 3.05) is 19.7 Å². The molecular formula is C15H22N2O2. The third-order valence-electron chi connectivity index (χ3n) is 3.20. The standard InChI is InChI=1S/C15H22N2O2/c18-15-9-6-10-16-17(15)11-4-5-12-19-13-14-7-2-1-3-8-14/h1-3,7-8,16H,4-6,9-13H2. The Hall–Kier alpha value is -1.39. The first-order valence-electron chi connectivity index (χ1n) is 7.02. The first-order valence-corrected chi connectivity index (χ1v) is 7.02. The lowest BCUT2D eigenvalue weighted by molar-refractivity contribution is -0.137. The van der Waals surface area contributed by atoms with Crippen molar-refractivity contribution in [3.63, 3.8) is 0 Å². The molecule has 4 heteroatoms. The van der Waals surface area contributed by atoms with Crippen LogP contribution in [0.1, 0.15) is 31.2 Å². The number of amides is 1. The van der Waals surface area contributed by atoms with Crippen LogP contribution >= 0.6 is 0 Å². The molecule has 1 N–H and O–H groups in total. The van der Waals surface area contributed by atoms with Gasteiger partial charge in [0.15, 0.2) is 0 Å². The van der Waals surface area contributed by atoms with Gasteiger partial charge in [0.25, 0.3) is 0 Å². The molecule has 1 aliphatic heterocycles. The molecule has 1 aromatic carbocycles. The lowest BCUT2D eigenvalue weighted by Crippen LogP contribution is -2.47. The molecule has 0 atom stereocenters. The second-order valence-electron chi connectivity index (χ2n) is 4.80. The molecule has 0 aromatic heterocycles. The van der Waals surface area contributed by atoms with Crippen molar-refractivity contribution in [3.8, 4) is 0 Å². The molecule has 0 saturated carbocycles. The highest BCUT2D eigenvalue weighted by Crippen LogP contribution is 2.05. The SMILES string of the molecule is O=C1CCCNN1CCCCOCc1ccccc1. The fourth-order valence-electron chi connectivity index (χ4n) is 2.12. The van der Waals surface area contributed by atoms with Crippen LogP contribution in [0.2, 0.25) is 0 Å². The second-order valence-corrected chi connectivity index (χ2v) is 4.80. The summed E-state index contributed by atoms with van der Waals surface area (Å²) in [5.74, 6) is 0.219. The molecule has 1 aliphatic rings. The summed E-state index contributed by atoms with van der Waals surface area (Å²) in [7, 11) is 0. The molecule has 0 spiro atoms. The Kier molecular flexibility index (Phi) is 5.85. The number of unbranched alkanes of at least 4 members (excludes halogenated alkanes) is 1. The molecule has 0 aliphatic carbocycles. The zero-order chi connectivity index (χ0) is 13.3. The van der Waals surface area contributed by atoms with Crippen LogP contribution in [0.25, 0.3) is 0 Å². The van der Waals surface area contributed by atoms with Crippen LogP contribution in [-0.4, -0.2) is 30.6 Å². The Labute approximate surface area is 114 Å². The molecule has 2 rings (SSSR count). The quantitative estimate of drug-likeness (QED) is 0.765. The van der Waals surface area contributed by atoms with Gasteiger partial charge in [0.05, 0.1) is 6.61 Å². The summed E-state index contributed by atoms with van der Waals surface area (Å²) < 4.78 is 5.61. The van der Waals surface area contributed by atoms with Crippen LogP contribution in [0.3, 0.4) is 0 Å². The van der Waals surface area contributed by atoms with E-state index in [2.05, 4.69) is 17.6 Å². The summed E-state index contributed by atoms with van der Waals surface area (Å²) >= 11 is 0. The van der Waals surface area contributed by atoms with Crippen LogP contribution in [-0.2, 0) is 16.1 Å². The van der Waals surface area contributed by atoms with Crippen LogP contribution in [0.5, 0.6) is 0 Å². The van der Waals surface area contributed by atoms with Crippen LogP contribution in [0, 0.1) is 0 Å². The maximum Gasteiger partial charge on any atom is 0.236 e. The summed E-state index contributed by atoms with van der Waals surface area (Å²) in [6.45, 7) is 3.11. The highest BCUT2D eigenvalue weighted by atomic mass is 16.5. The molecule has 0 radical (unpaired) electrons. The lowest BCUT2D eigenvalue weighted by atomic mass is 10.2. The summed E-state index contributed by atoms with van der Waals surface area (Å²) in [5, 5.41) is 1.75. The van der Waals surface area contributed by atoms with E-state index in [1.54, 1.807) is 5.01 Å². The molecule has 19 heavy (non-hydrogen) atoms. The fraction of sp³-hybridized carbons (Fsp3) is 0.533. The highest BCUT2D eigenvalue weighted by molar-refractivity contribution is 5.76. The number of carbonyl (C=O) groups excluding carboxylic acids is 1. The minimum Gasteiger partial charge on any atom is -0.377 e. The minimum atomic E-state index is 0.219. The maximum atomic E-state index is 11.5. The molecular weight excluding hydrogens is 240 g/mol. The largest absolute Gasteiger partial charge is 0.377 e. The van der Waals surface area contributed by atoms with Gasteiger partial charge in [-0.2, -0.15) is 0 Å². The third-order valence-corrected chi connectivity index (χ3v) is 3.20. The number of nitrogens with zero attached hydrogens (tertiary/aromatic N) is 1. The van der Waals surface area contributed by atoms with Crippen molar-refractivity contribution < 1.29 is 9.53 Å². The molecule has 1 heterocycles. The molecule has 1 amide bonds. The van der Waals surface area contributed by atoms with Crippen molar-refractivity contribution >= 4 is 5.91 Å². The number of rotatable bonds is 7. The Morgan fingerprint density at radius 1 is 1.21 bits per heavy atom. The number of hydrazine groups is 1. The van der Waals surface area contributed by atoms with Gasteiger partial charge in [-0.3, -0.25) is 9.80 Å². The van der Waals surface area contributed by atoms with Crippen molar-refractivity contribution in [2.45, 2.75) is 32.3 Å². The van der Waals surface area contributed by atoms with Gasteiger partial charge >= 0.3 is 0 Å². The number of nitrogens with one attached hydrogen (secondary N) is 1. The van der Waals surface area contributed by atoms with Crippen molar-refractivity contribution in [3.05, 3.63) is 35.9 Å². The van der Waals surface area contributed by atoms with Gasteiger partial charge < -0.3 is 4.74 Å². The number of ether oxygens (including phenoxy) is 1. The highest BCUT2D eigenvalue weighted by Gasteiger charge is 2.16. The Balaban J connectivity index is 1.51. The monoisotopic (exact) mass is 262 g/mol. The van der Waals surface area contributed by atoms with Gasteiger partial charge in [0, 0.05) is 26.1 Å². The van der Waals surface area contributed by atoms with E-state index in [0.29, 0.717) is 13.0 Å². The molecule has 104 valence electrons. The summed E-state index contributed by atoms with van der Waals surface area (Å²) in [4.78, 5) is 11.5. The first-order chi connectivity index (χ1) is 9.36. The average Bonchev–Trinajstić information content (AvgIpc) is 2.45. The Morgan fingerprint density at radius 3 is 2.84 bits per heavy atom. The summed E-state index contributed by atoms with van der Waals surface area (Å²) in [6, 6.07) is 10.2. The van der Waals surface area contributed by atoms with E-state index >= 15 is 0 Å². The van der Waals surface area contributed by atoms with E-state index in [0.717, 1.165) is 39.0 Å². The van der Waals surface area contributed by atoms with Gasteiger partial charge in [-0.25, -0.2) is 5.43 Å². The number of hydrogen-bond acceptors (Lipinski definition) is 3. The van der Waals surface area contributed by atoms with Gasteiger partial charge in [-0.1, -0.05) is 30.3 Å². The zero-order valence-corrected chi connectivity index (χ0v) is 11.3. The number of hydrogen-bond donors (Lipinski definition) is 1. The first kappa shape index (κ1) is 14.0. The van der Waals surface area contributed by atoms with Gasteiger partial charge in [-0.05, 0) is 24.8 Å². The van der Waals surface area contributed by atoms with E-state index in [1.165, 1.54) is 5.56 Å². The van der Waals surface area contributed by atoms with Gasteiger partial charge in [0.1, 0.15) is 0 Å². The van der Waals surface area contributed by atoms with Gasteiger partial charge in [-0.15, -0.1) is 0 Å². The summed E-state index contributed by atoms with van der Waals surface area (Å²) in [6.07, 6.45) is 3.60. The van der Waals surface area contributed by atoms with E-state index in [-0.39, 0.29) is 5.91 Å². The topological polar surface area (TPSA) is 41.6 Å². The molecule has 0 bridgehead atoms. The van der Waals surface area contributed by atoms with E-state index in [9.17, 15) is 4.79 Å². The van der Waals surface area contributed by atoms with Crippen molar-refractivity contribution in [1.82, 2.24) is 10.4 Å². The minimum absolute atomic E-state index is 0.219. The van der Waals surface area contributed by atoms with Crippen molar-refractivity contribution in [1.29, 1.82) is 0 Å². The van der Waals surface area contributed by atoms with E-state index in [4.69, 9.17) is 4.74 Å². The summed E-state index contributed by atoms with van der Waals surface area (Å²) in [5.41, 5.74) is 4.33. The second kappa shape index (κ2) is 7.92. The van der Waals surface area contributed by atoms with E-state index < -0.39 is 0 Å². The molecule has 1 aromatic rings. The lowest BCUT2D eigenvalue weighted by Gasteiger charge is -2.27. The Bertz CT molecular complexity index is 381. The molecule has 1 saturated heterocycles. The average molecular weight is 262 g/mol. The Morgan fingerprint density at radius 2 is 2.05 bits per heavy atom. The van der Waals surface area contributed by atoms with Gasteiger partial charge in [0.2, 0.25) is 5.91 Å². The fourth-order valence-corrected chi connectivity index (χ4v) is 2.12. The predicted molar refractivity (Wildman–Crippen MR) is 74.3 cm³/mol. The molecule has 1 fully saturated rings. The number of benzene rings is 1. The maximum absolute atomic E-state index is 11.5. The van der Waals surface area contributed by atoms with Crippen LogP contribution < -0.4 is 5.43 Å². The van der Waals surface area contributed by atoms with Crippen LogP contribution in [0.15, 0.2) is 30.3 Å². The molecule has 0 unspecified atom stereocenters. The molecule has 4 nitrogen and oxygen atoms in total. The van der Waals surface area contributed by atoms with Crippen molar-refractivity contribution in [2.24, 2.45) is 0 Å². The third kappa shape index (κ3) is 5.01. The number of carbonyl (C=O) groups is 1. The normalized spacial score (nSPS) is 15.8.